The molecule has 0 amide bonds. The molecule has 0 aromatic carbocycles. The van der Waals surface area contributed by atoms with Crippen LogP contribution in [-0.4, -0.2) is 69.8 Å². The first kappa shape index (κ1) is 23.6. The molecule has 1 aliphatic rings. The van der Waals surface area contributed by atoms with Gasteiger partial charge in [-0.3, -0.25) is 0 Å². The Morgan fingerprint density at radius 1 is 1.19 bits per heavy atom. The summed E-state index contributed by atoms with van der Waals surface area (Å²) in [6.45, 7) is 2.28. The minimum absolute atomic E-state index is 0.0294. The van der Waals surface area contributed by atoms with E-state index in [4.69, 9.17) is 5.73 Å². The third-order valence-electron chi connectivity index (χ3n) is 4.93. The molecule has 1 fully saturated rings. The normalized spacial score (nSPS) is 19.7. The van der Waals surface area contributed by atoms with E-state index in [9.17, 15) is 26.7 Å². The highest BCUT2D eigenvalue weighted by Gasteiger charge is 2.51. The lowest BCUT2D eigenvalue weighted by molar-refractivity contribution is -0.259. The van der Waals surface area contributed by atoms with Gasteiger partial charge in [0.05, 0.1) is 0 Å². The predicted molar refractivity (Wildman–Crippen MR) is 107 cm³/mol. The zero-order valence-electron chi connectivity index (χ0n) is 17.1. The van der Waals surface area contributed by atoms with Gasteiger partial charge in [0.25, 0.3) is 10.0 Å². The third kappa shape index (κ3) is 4.45. The van der Waals surface area contributed by atoms with Crippen LogP contribution >= 0.6 is 0 Å². The van der Waals surface area contributed by atoms with E-state index in [1.807, 2.05) is 0 Å². The van der Waals surface area contributed by atoms with Crippen LogP contribution in [0.4, 0.5) is 24.9 Å². The molecule has 3 heterocycles. The van der Waals surface area contributed by atoms with Crippen LogP contribution in [0.15, 0.2) is 29.6 Å². The summed E-state index contributed by atoms with van der Waals surface area (Å²) in [4.78, 5) is 9.49. The molecule has 0 unspecified atom stereocenters. The standard InChI is InChI=1S/C18H20F3N7O3S/c1-3-4-13-11-27(32(30,31)15-6-5-14(22)25-26-15)7-8-28(13)16-23-9-12(10-24-16)17(2,29)18(19,20)21/h5-6,9-10,13,29H,7-8,11H2,1-2H3,(H2,22,25)/t13-,17+/m0/s1. The van der Waals surface area contributed by atoms with E-state index in [1.54, 1.807) is 11.8 Å². The zero-order chi connectivity index (χ0) is 23.7. The number of hydrogen-bond donors (Lipinski definition) is 2. The first-order valence-corrected chi connectivity index (χ1v) is 10.7. The van der Waals surface area contributed by atoms with Gasteiger partial charge in [0.15, 0.2) is 10.6 Å². The van der Waals surface area contributed by atoms with Gasteiger partial charge in [-0.2, -0.15) is 17.5 Å². The van der Waals surface area contributed by atoms with Gasteiger partial charge in [0, 0.05) is 37.6 Å². The number of nitrogens with zero attached hydrogens (tertiary/aromatic N) is 6. The molecule has 14 heteroatoms. The average molecular weight is 471 g/mol. The average Bonchev–Trinajstić information content (AvgIpc) is 2.73. The quantitative estimate of drug-likeness (QED) is 0.611. The Kier molecular flexibility index (Phi) is 6.27. The molecule has 2 aromatic rings. The number of alkyl halides is 3. The van der Waals surface area contributed by atoms with Crippen LogP contribution in [0, 0.1) is 11.8 Å². The zero-order valence-corrected chi connectivity index (χ0v) is 17.9. The summed E-state index contributed by atoms with van der Waals surface area (Å²) < 4.78 is 66.1. The summed E-state index contributed by atoms with van der Waals surface area (Å²) in [7, 11) is -3.97. The number of sulfonamides is 1. The van der Waals surface area contributed by atoms with Crippen LogP contribution in [0.1, 0.15) is 19.4 Å². The Morgan fingerprint density at radius 2 is 1.84 bits per heavy atom. The lowest BCUT2D eigenvalue weighted by Gasteiger charge is -2.38. The molecule has 0 spiro atoms. The molecule has 32 heavy (non-hydrogen) atoms. The second-order valence-electron chi connectivity index (χ2n) is 7.10. The van der Waals surface area contributed by atoms with E-state index in [0.717, 1.165) is 12.4 Å². The number of aromatic nitrogens is 4. The molecule has 2 atom stereocenters. The number of aliphatic hydroxyl groups is 1. The summed E-state index contributed by atoms with van der Waals surface area (Å²) >= 11 is 0. The molecule has 0 aliphatic carbocycles. The van der Waals surface area contributed by atoms with Gasteiger partial charge in [-0.15, -0.1) is 16.1 Å². The summed E-state index contributed by atoms with van der Waals surface area (Å²) in [5.41, 5.74) is 1.83. The molecular formula is C18H20F3N7O3S. The van der Waals surface area contributed by atoms with Crippen molar-refractivity contribution in [1.82, 2.24) is 24.5 Å². The fourth-order valence-corrected chi connectivity index (χ4v) is 4.30. The van der Waals surface area contributed by atoms with Crippen molar-refractivity contribution in [1.29, 1.82) is 0 Å². The minimum Gasteiger partial charge on any atom is -0.382 e. The van der Waals surface area contributed by atoms with E-state index in [1.165, 1.54) is 16.4 Å². The van der Waals surface area contributed by atoms with Crippen molar-refractivity contribution >= 4 is 21.8 Å². The van der Waals surface area contributed by atoms with Gasteiger partial charge in [-0.1, -0.05) is 5.92 Å². The summed E-state index contributed by atoms with van der Waals surface area (Å²) in [6.07, 6.45) is -3.13. The number of nitrogens with two attached hydrogens (primary N) is 1. The largest absolute Gasteiger partial charge is 0.421 e. The summed E-state index contributed by atoms with van der Waals surface area (Å²) in [6, 6.07) is 1.91. The minimum atomic E-state index is -4.90. The monoisotopic (exact) mass is 471 g/mol. The van der Waals surface area contributed by atoms with Crippen LogP contribution in [0.3, 0.4) is 0 Å². The summed E-state index contributed by atoms with van der Waals surface area (Å²) in [5, 5.41) is 16.7. The molecule has 2 aromatic heterocycles. The predicted octanol–water partition coefficient (Wildman–Crippen LogP) is 0.521. The highest BCUT2D eigenvalue weighted by Crippen LogP contribution is 2.38. The molecule has 0 saturated carbocycles. The fourth-order valence-electron chi connectivity index (χ4n) is 2.99. The lowest BCUT2D eigenvalue weighted by atomic mass is 9.99. The van der Waals surface area contributed by atoms with Gasteiger partial charge in [-0.05, 0) is 26.0 Å². The van der Waals surface area contributed by atoms with Gasteiger partial charge in [-0.25, -0.2) is 18.4 Å². The Bertz CT molecular complexity index is 1130. The van der Waals surface area contributed by atoms with Crippen LogP contribution < -0.4 is 10.6 Å². The van der Waals surface area contributed by atoms with Crippen molar-refractivity contribution < 1.29 is 26.7 Å². The van der Waals surface area contributed by atoms with Gasteiger partial charge in [0.1, 0.15) is 11.9 Å². The van der Waals surface area contributed by atoms with Gasteiger partial charge >= 0.3 is 6.18 Å². The second-order valence-corrected chi connectivity index (χ2v) is 8.99. The maximum absolute atomic E-state index is 13.0. The van der Waals surface area contributed by atoms with E-state index in [2.05, 4.69) is 32.0 Å². The maximum Gasteiger partial charge on any atom is 0.421 e. The molecule has 0 radical (unpaired) electrons. The lowest BCUT2D eigenvalue weighted by Crippen LogP contribution is -2.55. The molecule has 10 nitrogen and oxygen atoms in total. The molecule has 1 saturated heterocycles. The molecule has 0 bridgehead atoms. The Balaban J connectivity index is 1.84. The SMILES string of the molecule is CC#C[C@H]1CN(S(=O)(=O)c2ccc(N)nn2)CCN1c1ncc([C@@](C)(O)C(F)(F)F)cn1. The Hall–Kier alpha value is -3.02. The maximum atomic E-state index is 13.0. The number of rotatable bonds is 4. The first-order chi connectivity index (χ1) is 14.9. The van der Waals surface area contributed by atoms with E-state index in [-0.39, 0.29) is 36.4 Å². The molecular weight excluding hydrogens is 451 g/mol. The number of hydrogen-bond acceptors (Lipinski definition) is 9. The topological polar surface area (TPSA) is 138 Å². The van der Waals surface area contributed by atoms with E-state index >= 15 is 0 Å². The molecule has 3 N–H and O–H groups in total. The third-order valence-corrected chi connectivity index (χ3v) is 6.69. The van der Waals surface area contributed by atoms with Crippen molar-refractivity contribution in [3.63, 3.8) is 0 Å². The number of halogens is 3. The van der Waals surface area contributed by atoms with Crippen molar-refractivity contribution in [2.45, 2.75) is 36.7 Å². The fraction of sp³-hybridized carbons (Fsp3) is 0.444. The highest BCUT2D eigenvalue weighted by molar-refractivity contribution is 7.89. The first-order valence-electron chi connectivity index (χ1n) is 9.28. The van der Waals surface area contributed by atoms with Gasteiger partial charge < -0.3 is 15.7 Å². The van der Waals surface area contributed by atoms with E-state index < -0.39 is 33.4 Å². The number of anilines is 2. The smallest absolute Gasteiger partial charge is 0.382 e. The van der Waals surface area contributed by atoms with E-state index in [0.29, 0.717) is 6.92 Å². The van der Waals surface area contributed by atoms with Crippen molar-refractivity contribution in [2.24, 2.45) is 0 Å². The molecule has 172 valence electrons. The number of piperazine rings is 1. The Morgan fingerprint density at radius 3 is 2.38 bits per heavy atom. The van der Waals surface area contributed by atoms with Crippen molar-refractivity contribution in [3.05, 3.63) is 30.1 Å². The van der Waals surface area contributed by atoms with Crippen LogP contribution in [0.5, 0.6) is 0 Å². The number of nitrogen functional groups attached to an aromatic ring is 1. The van der Waals surface area contributed by atoms with Crippen LogP contribution in [0.2, 0.25) is 0 Å². The summed E-state index contributed by atoms with van der Waals surface area (Å²) in [5.74, 6) is 5.72. The highest BCUT2D eigenvalue weighted by atomic mass is 32.2. The van der Waals surface area contributed by atoms with Crippen molar-refractivity contribution in [2.75, 3.05) is 30.3 Å². The molecule has 1 aliphatic heterocycles. The Labute approximate surface area is 182 Å². The van der Waals surface area contributed by atoms with Crippen LogP contribution in [-0.2, 0) is 15.6 Å². The molecule has 3 rings (SSSR count). The van der Waals surface area contributed by atoms with Crippen LogP contribution in [0.25, 0.3) is 0 Å². The second kappa shape index (κ2) is 8.49. The van der Waals surface area contributed by atoms with Crippen molar-refractivity contribution in [3.8, 4) is 11.8 Å². The van der Waals surface area contributed by atoms with Gasteiger partial charge in [0.2, 0.25) is 5.95 Å².